The van der Waals surface area contributed by atoms with Gasteiger partial charge in [-0.15, -0.1) is 0 Å². The molecule has 0 radical (unpaired) electrons. The van der Waals surface area contributed by atoms with E-state index in [1.54, 1.807) is 12.1 Å². The molecule has 8 nitrogen and oxygen atoms in total. The lowest BCUT2D eigenvalue weighted by Crippen LogP contribution is -2.53. The molecule has 0 aliphatic carbocycles. The Morgan fingerprint density at radius 2 is 2.26 bits per heavy atom. The average molecular weight is 325 g/mol. The van der Waals surface area contributed by atoms with Crippen LogP contribution in [0.25, 0.3) is 0 Å². The van der Waals surface area contributed by atoms with Gasteiger partial charge in [0.1, 0.15) is 12.4 Å². The SMILES string of the molecule is COCCOCC(=O)N[C@H]1Cc2cccc(C(O)O)c2OB1O. The highest BCUT2D eigenvalue weighted by molar-refractivity contribution is 6.46. The van der Waals surface area contributed by atoms with Crippen molar-refractivity contribution in [3.63, 3.8) is 0 Å². The normalized spacial score (nSPS) is 16.9. The van der Waals surface area contributed by atoms with Crippen molar-refractivity contribution in [2.24, 2.45) is 0 Å². The van der Waals surface area contributed by atoms with Gasteiger partial charge in [-0.2, -0.15) is 0 Å². The van der Waals surface area contributed by atoms with E-state index in [-0.39, 0.29) is 23.8 Å². The smallest absolute Gasteiger partial charge is 0.534 e. The number of para-hydroxylation sites is 1. The summed E-state index contributed by atoms with van der Waals surface area (Å²) in [7, 11) is 0.249. The van der Waals surface area contributed by atoms with Gasteiger partial charge in [0.15, 0.2) is 6.29 Å². The van der Waals surface area contributed by atoms with Gasteiger partial charge < -0.3 is 34.7 Å². The quantitative estimate of drug-likeness (QED) is 0.282. The molecule has 1 amide bonds. The minimum absolute atomic E-state index is 0.144. The molecule has 126 valence electrons. The Morgan fingerprint density at radius 3 is 2.96 bits per heavy atom. The number of nitrogens with one attached hydrogen (secondary N) is 1. The number of amides is 1. The van der Waals surface area contributed by atoms with Crippen molar-refractivity contribution in [1.82, 2.24) is 5.32 Å². The number of methoxy groups -OCH3 is 1. The van der Waals surface area contributed by atoms with Crippen LogP contribution in [0.4, 0.5) is 0 Å². The first-order chi connectivity index (χ1) is 11.0. The van der Waals surface area contributed by atoms with Gasteiger partial charge in [-0.1, -0.05) is 18.2 Å². The summed E-state index contributed by atoms with van der Waals surface area (Å²) in [6, 6.07) is 4.89. The van der Waals surface area contributed by atoms with Gasteiger partial charge in [-0.05, 0) is 12.0 Å². The van der Waals surface area contributed by atoms with Crippen LogP contribution >= 0.6 is 0 Å². The molecule has 1 aliphatic heterocycles. The summed E-state index contributed by atoms with van der Waals surface area (Å²) >= 11 is 0. The van der Waals surface area contributed by atoms with Crippen LogP contribution in [0, 0.1) is 0 Å². The predicted octanol–water partition coefficient (Wildman–Crippen LogP) is -1.23. The van der Waals surface area contributed by atoms with Crippen molar-refractivity contribution in [2.45, 2.75) is 18.7 Å². The van der Waals surface area contributed by atoms with Crippen LogP contribution in [0.2, 0.25) is 0 Å². The number of ether oxygens (including phenoxy) is 2. The van der Waals surface area contributed by atoms with Crippen molar-refractivity contribution in [3.05, 3.63) is 29.3 Å². The van der Waals surface area contributed by atoms with Crippen LogP contribution in [0.1, 0.15) is 17.4 Å². The lowest BCUT2D eigenvalue weighted by Gasteiger charge is -2.29. The summed E-state index contributed by atoms with van der Waals surface area (Å²) < 4.78 is 15.3. The van der Waals surface area contributed by atoms with Crippen LogP contribution in [-0.4, -0.2) is 61.1 Å². The fraction of sp³-hybridized carbons (Fsp3) is 0.500. The monoisotopic (exact) mass is 325 g/mol. The lowest BCUT2D eigenvalue weighted by atomic mass is 9.72. The highest BCUT2D eigenvalue weighted by Crippen LogP contribution is 2.32. The number of fused-ring (bicyclic) bond motifs is 1. The molecule has 0 unspecified atom stereocenters. The minimum Gasteiger partial charge on any atom is -0.534 e. The van der Waals surface area contributed by atoms with E-state index in [0.717, 1.165) is 0 Å². The van der Waals surface area contributed by atoms with Crippen LogP contribution in [0.15, 0.2) is 18.2 Å². The molecule has 0 fully saturated rings. The number of rotatable bonds is 7. The number of hydrogen-bond donors (Lipinski definition) is 4. The minimum atomic E-state index is -1.70. The van der Waals surface area contributed by atoms with E-state index in [0.29, 0.717) is 25.2 Å². The maximum Gasteiger partial charge on any atom is 0.547 e. The molecule has 1 aliphatic rings. The topological polar surface area (TPSA) is 117 Å². The largest absolute Gasteiger partial charge is 0.547 e. The molecule has 23 heavy (non-hydrogen) atoms. The summed E-state index contributed by atoms with van der Waals surface area (Å²) in [5, 5.41) is 31.3. The van der Waals surface area contributed by atoms with E-state index >= 15 is 0 Å². The summed E-state index contributed by atoms with van der Waals surface area (Å²) in [5.41, 5.74) is 0.848. The number of aliphatic hydroxyl groups excluding tert-OH is 1. The maximum atomic E-state index is 11.8. The molecule has 4 N–H and O–H groups in total. The van der Waals surface area contributed by atoms with Crippen molar-refractivity contribution in [2.75, 3.05) is 26.9 Å². The van der Waals surface area contributed by atoms with Gasteiger partial charge in [-0.3, -0.25) is 4.79 Å². The molecule has 0 aromatic heterocycles. The van der Waals surface area contributed by atoms with E-state index in [9.17, 15) is 20.0 Å². The molecule has 9 heteroatoms. The molecular weight excluding hydrogens is 305 g/mol. The third-order valence-corrected chi connectivity index (χ3v) is 3.44. The first-order valence-electron chi connectivity index (χ1n) is 7.21. The van der Waals surface area contributed by atoms with E-state index in [1.165, 1.54) is 13.2 Å². The number of aliphatic hydroxyl groups is 2. The number of benzene rings is 1. The Hall–Kier alpha value is -1.65. The molecule has 0 saturated carbocycles. The van der Waals surface area contributed by atoms with Crippen molar-refractivity contribution >= 4 is 13.0 Å². The summed E-state index contributed by atoms with van der Waals surface area (Å²) in [4.78, 5) is 11.8. The van der Waals surface area contributed by atoms with Crippen molar-refractivity contribution < 1.29 is 34.2 Å². The van der Waals surface area contributed by atoms with Gasteiger partial charge in [0.2, 0.25) is 5.91 Å². The molecule has 0 saturated heterocycles. The fourth-order valence-electron chi connectivity index (χ4n) is 2.33. The van der Waals surface area contributed by atoms with Crippen molar-refractivity contribution in [3.8, 4) is 5.75 Å². The second-order valence-electron chi connectivity index (χ2n) is 5.14. The highest BCUT2D eigenvalue weighted by Gasteiger charge is 2.37. The summed E-state index contributed by atoms with van der Waals surface area (Å²) in [6.07, 6.45) is -1.39. The molecule has 1 aromatic rings. The lowest BCUT2D eigenvalue weighted by molar-refractivity contribution is -0.126. The van der Waals surface area contributed by atoms with Crippen LogP contribution < -0.4 is 9.97 Å². The van der Waals surface area contributed by atoms with Crippen molar-refractivity contribution in [1.29, 1.82) is 0 Å². The number of carbonyl (C=O) groups excluding carboxylic acids is 1. The fourth-order valence-corrected chi connectivity index (χ4v) is 2.33. The second-order valence-corrected chi connectivity index (χ2v) is 5.14. The van der Waals surface area contributed by atoms with Gasteiger partial charge in [0.05, 0.1) is 19.2 Å². The highest BCUT2D eigenvalue weighted by atomic mass is 16.5. The van der Waals surface area contributed by atoms with Crippen LogP contribution in [-0.2, 0) is 20.7 Å². The second kappa shape index (κ2) is 8.28. The molecular formula is C14H20BNO7. The predicted molar refractivity (Wildman–Crippen MR) is 80.6 cm³/mol. The first-order valence-corrected chi connectivity index (χ1v) is 7.21. The molecule has 0 spiro atoms. The standard InChI is InChI=1S/C14H20BNO7/c1-21-5-6-22-8-12(17)16-11-7-9-3-2-4-10(14(18)19)13(9)23-15(11)20/h2-4,11,14,18-20H,5-8H2,1H3,(H,16,17)/t11-/m0/s1. The third-order valence-electron chi connectivity index (χ3n) is 3.44. The Kier molecular flexibility index (Phi) is 6.37. The van der Waals surface area contributed by atoms with E-state index in [4.69, 9.17) is 14.1 Å². The van der Waals surface area contributed by atoms with E-state index in [2.05, 4.69) is 5.32 Å². The van der Waals surface area contributed by atoms with Crippen LogP contribution in [0.3, 0.4) is 0 Å². The molecule has 1 aromatic carbocycles. The summed E-state index contributed by atoms with van der Waals surface area (Å²) in [6.45, 7) is 0.547. The average Bonchev–Trinajstić information content (AvgIpc) is 2.51. The Bertz CT molecular complexity index is 540. The van der Waals surface area contributed by atoms with Gasteiger partial charge in [0.25, 0.3) is 0 Å². The number of hydrogen-bond acceptors (Lipinski definition) is 7. The van der Waals surface area contributed by atoms with Crippen LogP contribution in [0.5, 0.6) is 5.75 Å². The van der Waals surface area contributed by atoms with E-state index in [1.807, 2.05) is 0 Å². The maximum absolute atomic E-state index is 11.8. The van der Waals surface area contributed by atoms with Gasteiger partial charge in [0, 0.05) is 12.7 Å². The summed E-state index contributed by atoms with van der Waals surface area (Å²) in [5.74, 6) is -0.792. The zero-order chi connectivity index (χ0) is 16.8. The molecule has 2 rings (SSSR count). The Labute approximate surface area is 134 Å². The van der Waals surface area contributed by atoms with E-state index < -0.39 is 19.3 Å². The molecule has 1 atom stereocenters. The molecule has 1 heterocycles. The first kappa shape index (κ1) is 17.7. The zero-order valence-corrected chi connectivity index (χ0v) is 12.8. The Morgan fingerprint density at radius 1 is 1.48 bits per heavy atom. The number of carbonyl (C=O) groups is 1. The third kappa shape index (κ3) is 4.66. The van der Waals surface area contributed by atoms with Gasteiger partial charge >= 0.3 is 7.12 Å². The zero-order valence-electron chi connectivity index (χ0n) is 12.8. The Balaban J connectivity index is 1.96. The van der Waals surface area contributed by atoms with Gasteiger partial charge in [-0.25, -0.2) is 0 Å². The molecule has 0 bridgehead atoms.